The Labute approximate surface area is 169 Å². The van der Waals surface area contributed by atoms with Crippen molar-refractivity contribution in [2.45, 2.75) is 25.8 Å². The van der Waals surface area contributed by atoms with Crippen LogP contribution in [0.2, 0.25) is 0 Å². The second kappa shape index (κ2) is 8.77. The lowest BCUT2D eigenvalue weighted by molar-refractivity contribution is -0.136. The van der Waals surface area contributed by atoms with Crippen LogP contribution in [-0.4, -0.2) is 49.4 Å². The number of carbonyl (C=O) groups is 3. The van der Waals surface area contributed by atoms with Crippen LogP contribution < -0.4 is 14.4 Å². The average molecular weight is 396 g/mol. The first-order valence-corrected chi connectivity index (χ1v) is 9.36. The van der Waals surface area contributed by atoms with E-state index in [1.807, 2.05) is 18.2 Å². The van der Waals surface area contributed by atoms with Gasteiger partial charge >= 0.3 is 0 Å². The van der Waals surface area contributed by atoms with Gasteiger partial charge in [0.25, 0.3) is 5.91 Å². The van der Waals surface area contributed by atoms with Gasteiger partial charge in [-0.25, -0.2) is 4.90 Å². The second-order valence-electron chi connectivity index (χ2n) is 6.77. The lowest BCUT2D eigenvalue weighted by Crippen LogP contribution is -2.45. The Morgan fingerprint density at radius 1 is 1.07 bits per heavy atom. The number of amides is 3. The number of ether oxygens (including phenoxy) is 2. The van der Waals surface area contributed by atoms with E-state index in [2.05, 4.69) is 0 Å². The van der Waals surface area contributed by atoms with Crippen LogP contribution in [0.4, 0.5) is 5.69 Å². The molecule has 1 atom stereocenters. The summed E-state index contributed by atoms with van der Waals surface area (Å²) in [4.78, 5) is 40.3. The van der Waals surface area contributed by atoms with Crippen LogP contribution in [0.1, 0.15) is 18.9 Å². The smallest absolute Gasteiger partial charge is 0.257 e. The molecule has 0 radical (unpaired) electrons. The summed E-state index contributed by atoms with van der Waals surface area (Å²) < 4.78 is 10.6. The van der Waals surface area contributed by atoms with Crippen molar-refractivity contribution in [3.8, 4) is 11.5 Å². The van der Waals surface area contributed by atoms with Crippen molar-refractivity contribution in [3.05, 3.63) is 54.1 Å². The second-order valence-corrected chi connectivity index (χ2v) is 6.77. The average Bonchev–Trinajstić information content (AvgIpc) is 3.02. The molecule has 1 saturated heterocycles. The van der Waals surface area contributed by atoms with Crippen molar-refractivity contribution in [2.24, 2.45) is 0 Å². The summed E-state index contributed by atoms with van der Waals surface area (Å²) >= 11 is 0. The van der Waals surface area contributed by atoms with Crippen molar-refractivity contribution in [3.63, 3.8) is 0 Å². The molecule has 1 aliphatic rings. The van der Waals surface area contributed by atoms with Crippen LogP contribution in [0.3, 0.4) is 0 Å². The molecular weight excluding hydrogens is 372 g/mol. The Bertz CT molecular complexity index is 913. The lowest BCUT2D eigenvalue weighted by Gasteiger charge is -2.26. The predicted octanol–water partition coefficient (Wildman–Crippen LogP) is 2.43. The number of methoxy groups -OCH3 is 2. The highest BCUT2D eigenvalue weighted by molar-refractivity contribution is 6.22. The van der Waals surface area contributed by atoms with E-state index in [1.54, 1.807) is 44.6 Å². The van der Waals surface area contributed by atoms with Gasteiger partial charge in [-0.3, -0.25) is 14.4 Å². The SMILES string of the molecule is COc1ccc(CCN(C(C)=O)[C@H]2CC(=O)N(c3ccccc3)C2=O)cc1OC. The summed E-state index contributed by atoms with van der Waals surface area (Å²) in [6, 6.07) is 13.5. The first-order valence-electron chi connectivity index (χ1n) is 9.36. The summed E-state index contributed by atoms with van der Waals surface area (Å²) in [7, 11) is 3.13. The fourth-order valence-corrected chi connectivity index (χ4v) is 3.53. The summed E-state index contributed by atoms with van der Waals surface area (Å²) in [6.45, 7) is 1.73. The third-order valence-corrected chi connectivity index (χ3v) is 5.01. The van der Waals surface area contributed by atoms with E-state index in [9.17, 15) is 14.4 Å². The molecule has 1 aliphatic heterocycles. The minimum absolute atomic E-state index is 0.0146. The Balaban J connectivity index is 1.76. The van der Waals surface area contributed by atoms with Gasteiger partial charge in [0.1, 0.15) is 6.04 Å². The molecule has 7 nitrogen and oxygen atoms in total. The van der Waals surface area contributed by atoms with Gasteiger partial charge in [0.05, 0.1) is 26.3 Å². The molecule has 0 aliphatic carbocycles. The summed E-state index contributed by atoms with van der Waals surface area (Å²) in [5.41, 5.74) is 1.46. The van der Waals surface area contributed by atoms with E-state index in [4.69, 9.17) is 9.47 Å². The van der Waals surface area contributed by atoms with Crippen LogP contribution >= 0.6 is 0 Å². The molecule has 2 aromatic carbocycles. The highest BCUT2D eigenvalue weighted by atomic mass is 16.5. The molecule has 0 aromatic heterocycles. The number of nitrogens with zero attached hydrogens (tertiary/aromatic N) is 2. The minimum Gasteiger partial charge on any atom is -0.493 e. The number of para-hydroxylation sites is 1. The highest BCUT2D eigenvalue weighted by Gasteiger charge is 2.43. The van der Waals surface area contributed by atoms with Crippen molar-refractivity contribution >= 4 is 23.4 Å². The third-order valence-electron chi connectivity index (χ3n) is 5.01. The molecule has 0 saturated carbocycles. The Morgan fingerprint density at radius 2 is 1.76 bits per heavy atom. The molecule has 152 valence electrons. The maximum Gasteiger partial charge on any atom is 0.257 e. The van der Waals surface area contributed by atoms with Gasteiger partial charge in [0.2, 0.25) is 11.8 Å². The maximum absolute atomic E-state index is 12.9. The van der Waals surface area contributed by atoms with E-state index in [0.717, 1.165) is 10.5 Å². The van der Waals surface area contributed by atoms with Crippen molar-refractivity contribution in [2.75, 3.05) is 25.7 Å². The number of hydrogen-bond acceptors (Lipinski definition) is 5. The van der Waals surface area contributed by atoms with Gasteiger partial charge in [0.15, 0.2) is 11.5 Å². The first-order chi connectivity index (χ1) is 14.0. The zero-order valence-corrected chi connectivity index (χ0v) is 16.8. The normalized spacial score (nSPS) is 16.1. The van der Waals surface area contributed by atoms with Crippen LogP contribution in [0.15, 0.2) is 48.5 Å². The number of anilines is 1. The molecule has 1 heterocycles. The molecule has 1 fully saturated rings. The molecule has 3 rings (SSSR count). The molecule has 0 bridgehead atoms. The fraction of sp³-hybridized carbons (Fsp3) is 0.318. The van der Waals surface area contributed by atoms with Gasteiger partial charge < -0.3 is 14.4 Å². The number of carbonyl (C=O) groups excluding carboxylic acids is 3. The maximum atomic E-state index is 12.9. The zero-order valence-electron chi connectivity index (χ0n) is 16.8. The highest BCUT2D eigenvalue weighted by Crippen LogP contribution is 2.29. The topological polar surface area (TPSA) is 76.2 Å². The molecule has 0 spiro atoms. The number of hydrogen-bond donors (Lipinski definition) is 0. The molecule has 0 unspecified atom stereocenters. The summed E-state index contributed by atoms with van der Waals surface area (Å²) in [5.74, 6) is 0.301. The third kappa shape index (κ3) is 4.23. The van der Waals surface area contributed by atoms with Crippen LogP contribution in [0.5, 0.6) is 11.5 Å². The molecule has 2 aromatic rings. The summed E-state index contributed by atoms with van der Waals surface area (Å²) in [5, 5.41) is 0. The van der Waals surface area contributed by atoms with Gasteiger partial charge in [0, 0.05) is 13.5 Å². The van der Waals surface area contributed by atoms with Crippen LogP contribution in [0, 0.1) is 0 Å². The van der Waals surface area contributed by atoms with Crippen LogP contribution in [0.25, 0.3) is 0 Å². The van der Waals surface area contributed by atoms with Crippen molar-refractivity contribution in [1.29, 1.82) is 0 Å². The van der Waals surface area contributed by atoms with E-state index in [1.165, 1.54) is 11.8 Å². The molecule has 3 amide bonds. The van der Waals surface area contributed by atoms with E-state index >= 15 is 0 Å². The van der Waals surface area contributed by atoms with Gasteiger partial charge in [-0.1, -0.05) is 24.3 Å². The Hall–Kier alpha value is -3.35. The monoisotopic (exact) mass is 396 g/mol. The van der Waals surface area contributed by atoms with E-state index in [-0.39, 0.29) is 24.1 Å². The van der Waals surface area contributed by atoms with Crippen molar-refractivity contribution < 1.29 is 23.9 Å². The lowest BCUT2D eigenvalue weighted by atomic mass is 10.1. The molecule has 29 heavy (non-hydrogen) atoms. The largest absolute Gasteiger partial charge is 0.493 e. The molecule has 0 N–H and O–H groups in total. The van der Waals surface area contributed by atoms with E-state index < -0.39 is 6.04 Å². The predicted molar refractivity (Wildman–Crippen MR) is 108 cm³/mol. The zero-order chi connectivity index (χ0) is 21.0. The summed E-state index contributed by atoms with van der Waals surface area (Å²) in [6.07, 6.45) is 0.502. The number of benzene rings is 2. The van der Waals surface area contributed by atoms with Crippen molar-refractivity contribution in [1.82, 2.24) is 4.90 Å². The van der Waals surface area contributed by atoms with Gasteiger partial charge in [-0.2, -0.15) is 0 Å². The Kier molecular flexibility index (Phi) is 6.16. The van der Waals surface area contributed by atoms with Gasteiger partial charge in [-0.15, -0.1) is 0 Å². The van der Waals surface area contributed by atoms with Crippen LogP contribution in [-0.2, 0) is 20.8 Å². The number of rotatable bonds is 7. The van der Waals surface area contributed by atoms with Gasteiger partial charge in [-0.05, 0) is 36.2 Å². The molecular formula is C22H24N2O5. The first kappa shape index (κ1) is 20.4. The van der Waals surface area contributed by atoms with E-state index in [0.29, 0.717) is 30.2 Å². The standard InChI is InChI=1S/C22H24N2O5/c1-15(25)23(12-11-16-9-10-19(28-2)20(13-16)29-3)18-14-21(26)24(22(18)27)17-7-5-4-6-8-17/h4-10,13,18H,11-12,14H2,1-3H3/t18-/m0/s1. The minimum atomic E-state index is -0.791. The molecule has 7 heteroatoms. The quantitative estimate of drug-likeness (QED) is 0.672. The fourth-order valence-electron chi connectivity index (χ4n) is 3.53. The number of imide groups is 1. The Morgan fingerprint density at radius 3 is 2.38 bits per heavy atom.